The number of carbonyl (C=O) groups is 1. The van der Waals surface area contributed by atoms with Gasteiger partial charge in [-0.15, -0.1) is 0 Å². The molecule has 1 aromatic carbocycles. The van der Waals surface area contributed by atoms with Crippen LogP contribution in [-0.4, -0.2) is 28.3 Å². The van der Waals surface area contributed by atoms with E-state index in [9.17, 15) is 14.7 Å². The predicted octanol–water partition coefficient (Wildman–Crippen LogP) is 2.46. The fourth-order valence-electron chi connectivity index (χ4n) is 3.72. The number of hydrogen-bond donors (Lipinski definition) is 5. The van der Waals surface area contributed by atoms with Crippen molar-refractivity contribution >= 4 is 17.8 Å². The van der Waals surface area contributed by atoms with Crippen molar-refractivity contribution in [3.05, 3.63) is 62.6 Å². The summed E-state index contributed by atoms with van der Waals surface area (Å²) in [7, 11) is 0. The summed E-state index contributed by atoms with van der Waals surface area (Å²) in [5.41, 5.74) is 2.84. The lowest BCUT2D eigenvalue weighted by molar-refractivity contribution is 0.0950. The van der Waals surface area contributed by atoms with Crippen molar-refractivity contribution < 1.29 is 9.90 Å². The van der Waals surface area contributed by atoms with Crippen molar-refractivity contribution in [3.8, 4) is 0 Å². The molecule has 1 fully saturated rings. The van der Waals surface area contributed by atoms with Crippen LogP contribution in [0.3, 0.4) is 0 Å². The fraction of sp³-hybridized carbons (Fsp3) is 0.381. The average Bonchev–Trinajstić information content (AvgIpc) is 3.19. The third-order valence-electron chi connectivity index (χ3n) is 5.17. The summed E-state index contributed by atoms with van der Waals surface area (Å²) in [6.07, 6.45) is 5.75. The third-order valence-corrected chi connectivity index (χ3v) is 5.17. The first-order valence-corrected chi connectivity index (χ1v) is 9.54. The predicted molar refractivity (Wildman–Crippen MR) is 109 cm³/mol. The van der Waals surface area contributed by atoms with Gasteiger partial charge < -0.3 is 26.1 Å². The Morgan fingerprint density at radius 3 is 2.79 bits per heavy atom. The van der Waals surface area contributed by atoms with Crippen molar-refractivity contribution in [1.29, 1.82) is 5.41 Å². The number of aryl methyl sites for hydroxylation is 1. The van der Waals surface area contributed by atoms with Gasteiger partial charge in [-0.1, -0.05) is 18.9 Å². The molecule has 1 aliphatic carbocycles. The summed E-state index contributed by atoms with van der Waals surface area (Å²) in [5, 5.41) is 23.5. The number of rotatable bonds is 7. The van der Waals surface area contributed by atoms with Crippen LogP contribution in [0.5, 0.6) is 0 Å². The molecule has 7 nitrogen and oxygen atoms in total. The van der Waals surface area contributed by atoms with Crippen LogP contribution in [0, 0.1) is 12.3 Å². The first-order valence-electron chi connectivity index (χ1n) is 9.54. The van der Waals surface area contributed by atoms with Gasteiger partial charge in [0.05, 0.1) is 12.2 Å². The molecule has 1 aromatic heterocycles. The Kier molecular flexibility index (Phi) is 6.26. The van der Waals surface area contributed by atoms with Crippen molar-refractivity contribution in [3.63, 3.8) is 0 Å². The molecule has 1 aliphatic rings. The molecule has 0 saturated heterocycles. The van der Waals surface area contributed by atoms with E-state index in [4.69, 9.17) is 5.41 Å². The molecule has 3 rings (SSSR count). The molecule has 5 N–H and O–H groups in total. The lowest BCUT2D eigenvalue weighted by Crippen LogP contribution is -2.29. The maximum Gasteiger partial charge on any atom is 0.253 e. The zero-order valence-electron chi connectivity index (χ0n) is 16.0. The van der Waals surface area contributed by atoms with Crippen LogP contribution in [0.15, 0.2) is 29.1 Å². The summed E-state index contributed by atoms with van der Waals surface area (Å²) in [6, 6.07) is 7.40. The summed E-state index contributed by atoms with van der Waals surface area (Å²) >= 11 is 0. The Morgan fingerprint density at radius 1 is 1.36 bits per heavy atom. The minimum atomic E-state index is -0.363. The number of pyridine rings is 1. The second-order valence-corrected chi connectivity index (χ2v) is 7.16. The van der Waals surface area contributed by atoms with Gasteiger partial charge in [-0.25, -0.2) is 0 Å². The number of nitrogens with one attached hydrogen (secondary N) is 4. The SMILES string of the molecule is Cc1cc(CO)c(CNC(=O)c2cccc(NC3CCCC3)c2C=N)c(=O)[nH]1. The smallest absolute Gasteiger partial charge is 0.253 e. The lowest BCUT2D eigenvalue weighted by Gasteiger charge is -2.17. The van der Waals surface area contributed by atoms with Gasteiger partial charge in [0.2, 0.25) is 0 Å². The highest BCUT2D eigenvalue weighted by molar-refractivity contribution is 6.04. The zero-order chi connectivity index (χ0) is 20.1. The van der Waals surface area contributed by atoms with Crippen LogP contribution in [0.1, 0.15) is 58.4 Å². The van der Waals surface area contributed by atoms with E-state index in [0.29, 0.717) is 34.0 Å². The van der Waals surface area contributed by atoms with E-state index in [1.54, 1.807) is 25.1 Å². The molecule has 0 radical (unpaired) electrons. The summed E-state index contributed by atoms with van der Waals surface area (Å²) < 4.78 is 0. The van der Waals surface area contributed by atoms with E-state index in [1.807, 2.05) is 6.07 Å². The molecule has 0 atom stereocenters. The number of hydrogen-bond acceptors (Lipinski definition) is 5. The highest BCUT2D eigenvalue weighted by atomic mass is 16.3. The monoisotopic (exact) mass is 382 g/mol. The number of carbonyl (C=O) groups excluding carboxylic acids is 1. The largest absolute Gasteiger partial charge is 0.392 e. The fourth-order valence-corrected chi connectivity index (χ4v) is 3.72. The van der Waals surface area contributed by atoms with Gasteiger partial charge >= 0.3 is 0 Å². The van der Waals surface area contributed by atoms with Crippen LogP contribution in [0.4, 0.5) is 5.69 Å². The number of H-pyrrole nitrogens is 1. The molecule has 7 heteroatoms. The first kappa shape index (κ1) is 19.8. The van der Waals surface area contributed by atoms with Gasteiger partial charge in [-0.3, -0.25) is 9.59 Å². The molecular formula is C21H26N4O3. The normalized spacial score (nSPS) is 14.1. The van der Waals surface area contributed by atoms with E-state index >= 15 is 0 Å². The molecule has 0 unspecified atom stereocenters. The van der Waals surface area contributed by atoms with E-state index in [-0.39, 0.29) is 24.6 Å². The van der Waals surface area contributed by atoms with Crippen molar-refractivity contribution in [2.24, 2.45) is 0 Å². The topological polar surface area (TPSA) is 118 Å². The maximum absolute atomic E-state index is 12.7. The molecular weight excluding hydrogens is 356 g/mol. The number of aromatic amines is 1. The molecule has 0 spiro atoms. The van der Waals surface area contributed by atoms with Crippen LogP contribution >= 0.6 is 0 Å². The first-order chi connectivity index (χ1) is 13.5. The molecule has 1 saturated carbocycles. The lowest BCUT2D eigenvalue weighted by atomic mass is 10.0. The standard InChI is InChI=1S/C21H26N4O3/c1-13-9-14(12-26)18(21(28)24-13)11-23-20(27)16-7-4-8-19(17(16)10-22)25-15-5-2-3-6-15/h4,7-10,15,22,25-26H,2-3,5-6,11-12H2,1H3,(H,23,27)(H,24,28). The Balaban J connectivity index is 1.79. The quantitative estimate of drug-likeness (QED) is 0.473. The molecule has 28 heavy (non-hydrogen) atoms. The van der Waals surface area contributed by atoms with Crippen molar-refractivity contribution in [1.82, 2.24) is 10.3 Å². The van der Waals surface area contributed by atoms with Crippen LogP contribution < -0.4 is 16.2 Å². The number of anilines is 1. The van der Waals surface area contributed by atoms with Gasteiger partial charge in [-0.05, 0) is 43.5 Å². The summed E-state index contributed by atoms with van der Waals surface area (Å²) in [5.74, 6) is -0.363. The summed E-state index contributed by atoms with van der Waals surface area (Å²) in [4.78, 5) is 27.6. The highest BCUT2D eigenvalue weighted by Gasteiger charge is 2.19. The number of benzene rings is 1. The average molecular weight is 382 g/mol. The molecule has 0 aliphatic heterocycles. The molecule has 1 heterocycles. The highest BCUT2D eigenvalue weighted by Crippen LogP contribution is 2.25. The van der Waals surface area contributed by atoms with Crippen LogP contribution in [0.25, 0.3) is 0 Å². The minimum Gasteiger partial charge on any atom is -0.392 e. The van der Waals surface area contributed by atoms with Crippen molar-refractivity contribution in [2.45, 2.75) is 51.8 Å². The molecule has 0 bridgehead atoms. The molecule has 1 amide bonds. The Bertz CT molecular complexity index is 930. The number of amides is 1. The van der Waals surface area contributed by atoms with Crippen molar-refractivity contribution in [2.75, 3.05) is 5.32 Å². The Morgan fingerprint density at radius 2 is 2.11 bits per heavy atom. The van der Waals surface area contributed by atoms with E-state index in [1.165, 1.54) is 19.1 Å². The Labute approximate surface area is 163 Å². The second kappa shape index (κ2) is 8.84. The zero-order valence-corrected chi connectivity index (χ0v) is 16.0. The summed E-state index contributed by atoms with van der Waals surface area (Å²) in [6.45, 7) is 1.46. The molecule has 2 aromatic rings. The van der Waals surface area contributed by atoms with Crippen LogP contribution in [-0.2, 0) is 13.2 Å². The maximum atomic E-state index is 12.7. The van der Waals surface area contributed by atoms with Gasteiger partial charge in [0.1, 0.15) is 0 Å². The molecule has 148 valence electrons. The van der Waals surface area contributed by atoms with E-state index in [0.717, 1.165) is 18.5 Å². The minimum absolute atomic E-state index is 0.00204. The Hall–Kier alpha value is -2.93. The van der Waals surface area contributed by atoms with E-state index in [2.05, 4.69) is 15.6 Å². The van der Waals surface area contributed by atoms with Gasteiger partial charge in [-0.2, -0.15) is 0 Å². The van der Waals surface area contributed by atoms with Crippen LogP contribution in [0.2, 0.25) is 0 Å². The van der Waals surface area contributed by atoms with E-state index < -0.39 is 0 Å². The number of aliphatic hydroxyl groups excluding tert-OH is 1. The third kappa shape index (κ3) is 4.31. The second-order valence-electron chi connectivity index (χ2n) is 7.16. The number of aliphatic hydroxyl groups is 1. The van der Waals surface area contributed by atoms with Gasteiger partial charge in [0, 0.05) is 41.3 Å². The van der Waals surface area contributed by atoms with Gasteiger partial charge in [0.25, 0.3) is 11.5 Å². The number of aromatic nitrogens is 1. The van der Waals surface area contributed by atoms with Gasteiger partial charge in [0.15, 0.2) is 0 Å².